The summed E-state index contributed by atoms with van der Waals surface area (Å²) < 4.78 is 0. The van der Waals surface area contributed by atoms with Crippen LogP contribution in [0.1, 0.15) is 18.4 Å². The molecule has 1 unspecified atom stereocenters. The minimum absolute atomic E-state index is 0.587. The van der Waals surface area contributed by atoms with Gasteiger partial charge in [-0.05, 0) is 55.3 Å². The highest BCUT2D eigenvalue weighted by Crippen LogP contribution is 2.38. The molecule has 0 spiro atoms. The van der Waals surface area contributed by atoms with Gasteiger partial charge in [-0.3, -0.25) is 0 Å². The van der Waals surface area contributed by atoms with Gasteiger partial charge in [-0.2, -0.15) is 0 Å². The van der Waals surface area contributed by atoms with Crippen LogP contribution in [0.15, 0.2) is 18.2 Å². The molecular weight excluding hydrogens is 229 g/mol. The summed E-state index contributed by atoms with van der Waals surface area (Å²) in [5, 5.41) is 1.46. The second-order valence-corrected chi connectivity index (χ2v) is 5.12. The number of nitrogens with two attached hydrogens (primary N) is 1. The Bertz CT molecular complexity index is 347. The van der Waals surface area contributed by atoms with Gasteiger partial charge in [0.15, 0.2) is 0 Å². The number of hydrogen-bond acceptors (Lipinski definition) is 1. The summed E-state index contributed by atoms with van der Waals surface area (Å²) >= 11 is 12.0. The zero-order valence-corrected chi connectivity index (χ0v) is 10.1. The fourth-order valence-electron chi connectivity index (χ4n) is 1.98. The quantitative estimate of drug-likeness (QED) is 0.861. The average Bonchev–Trinajstić information content (AvgIpc) is 3.00. The molecule has 1 aliphatic rings. The largest absolute Gasteiger partial charge is 0.330 e. The lowest BCUT2D eigenvalue weighted by Crippen LogP contribution is -2.18. The Kier molecular flexibility index (Phi) is 3.55. The van der Waals surface area contributed by atoms with E-state index >= 15 is 0 Å². The molecule has 0 saturated heterocycles. The van der Waals surface area contributed by atoms with Gasteiger partial charge < -0.3 is 5.73 Å². The Morgan fingerprint density at radius 1 is 1.33 bits per heavy atom. The number of hydrogen-bond donors (Lipinski definition) is 1. The van der Waals surface area contributed by atoms with Crippen LogP contribution in [0.5, 0.6) is 0 Å². The van der Waals surface area contributed by atoms with Crippen LogP contribution in [0.2, 0.25) is 10.0 Å². The number of benzene rings is 1. The predicted octanol–water partition coefficient (Wildman–Crippen LogP) is 3.52. The lowest BCUT2D eigenvalue weighted by atomic mass is 9.95. The van der Waals surface area contributed by atoms with Gasteiger partial charge in [0.05, 0.1) is 0 Å². The zero-order valence-electron chi connectivity index (χ0n) is 8.55. The molecule has 82 valence electrons. The molecule has 1 aromatic carbocycles. The van der Waals surface area contributed by atoms with Crippen LogP contribution in [-0.2, 0) is 6.42 Å². The maximum Gasteiger partial charge on any atom is 0.0452 e. The smallest absolute Gasteiger partial charge is 0.0452 e. The molecule has 0 bridgehead atoms. The van der Waals surface area contributed by atoms with Crippen LogP contribution in [0.25, 0.3) is 0 Å². The fourth-order valence-corrected chi connectivity index (χ4v) is 2.47. The summed E-state index contributed by atoms with van der Waals surface area (Å²) in [6.07, 6.45) is 3.64. The molecule has 1 atom stereocenters. The van der Waals surface area contributed by atoms with E-state index in [0.29, 0.717) is 10.9 Å². The first-order valence-corrected chi connectivity index (χ1v) is 6.10. The van der Waals surface area contributed by atoms with Crippen molar-refractivity contribution in [2.75, 3.05) is 6.54 Å². The first-order chi connectivity index (χ1) is 7.20. The van der Waals surface area contributed by atoms with Crippen molar-refractivity contribution < 1.29 is 0 Å². The highest BCUT2D eigenvalue weighted by Gasteiger charge is 2.30. The molecule has 1 aromatic rings. The molecule has 3 heteroatoms. The Morgan fingerprint density at radius 2 is 2.07 bits per heavy atom. The van der Waals surface area contributed by atoms with E-state index in [9.17, 15) is 0 Å². The summed E-state index contributed by atoms with van der Waals surface area (Å²) in [5.74, 6) is 1.41. The monoisotopic (exact) mass is 243 g/mol. The summed E-state index contributed by atoms with van der Waals surface area (Å²) in [7, 11) is 0. The lowest BCUT2D eigenvalue weighted by Gasteiger charge is -2.14. The third kappa shape index (κ3) is 2.87. The van der Waals surface area contributed by atoms with Crippen LogP contribution in [0, 0.1) is 11.8 Å². The first kappa shape index (κ1) is 11.3. The van der Waals surface area contributed by atoms with Crippen molar-refractivity contribution in [3.63, 3.8) is 0 Å². The molecule has 0 amide bonds. The second-order valence-electron chi connectivity index (χ2n) is 4.27. The highest BCUT2D eigenvalue weighted by molar-refractivity contribution is 6.35. The summed E-state index contributed by atoms with van der Waals surface area (Å²) in [6.45, 7) is 0.754. The van der Waals surface area contributed by atoms with Crippen LogP contribution in [-0.4, -0.2) is 6.54 Å². The third-order valence-electron chi connectivity index (χ3n) is 3.09. The van der Waals surface area contributed by atoms with Crippen molar-refractivity contribution in [2.24, 2.45) is 17.6 Å². The summed E-state index contributed by atoms with van der Waals surface area (Å²) in [4.78, 5) is 0. The van der Waals surface area contributed by atoms with Gasteiger partial charge in [0, 0.05) is 10.0 Å². The van der Waals surface area contributed by atoms with Gasteiger partial charge >= 0.3 is 0 Å². The number of rotatable bonds is 4. The van der Waals surface area contributed by atoms with E-state index in [0.717, 1.165) is 23.9 Å². The maximum atomic E-state index is 6.13. The second kappa shape index (κ2) is 4.73. The van der Waals surface area contributed by atoms with Gasteiger partial charge in [0.1, 0.15) is 0 Å². The van der Waals surface area contributed by atoms with Crippen molar-refractivity contribution in [2.45, 2.75) is 19.3 Å². The van der Waals surface area contributed by atoms with Gasteiger partial charge in [0.2, 0.25) is 0 Å². The molecule has 0 aliphatic heterocycles. The Hall–Kier alpha value is -0.240. The molecule has 1 saturated carbocycles. The van der Waals surface area contributed by atoms with Crippen LogP contribution in [0.4, 0.5) is 0 Å². The van der Waals surface area contributed by atoms with Crippen LogP contribution < -0.4 is 5.73 Å². The minimum Gasteiger partial charge on any atom is -0.330 e. The fraction of sp³-hybridized carbons (Fsp3) is 0.500. The van der Waals surface area contributed by atoms with Crippen molar-refractivity contribution in [3.05, 3.63) is 33.8 Å². The van der Waals surface area contributed by atoms with Gasteiger partial charge in [0.25, 0.3) is 0 Å². The molecule has 1 nitrogen and oxygen atoms in total. The van der Waals surface area contributed by atoms with Crippen LogP contribution in [0.3, 0.4) is 0 Å². The molecule has 0 radical (unpaired) electrons. The zero-order chi connectivity index (χ0) is 10.8. The normalized spacial score (nSPS) is 17.8. The third-order valence-corrected chi connectivity index (χ3v) is 3.68. The molecule has 15 heavy (non-hydrogen) atoms. The van der Waals surface area contributed by atoms with E-state index in [-0.39, 0.29) is 0 Å². The summed E-state index contributed by atoms with van der Waals surface area (Å²) in [5.41, 5.74) is 6.94. The van der Waals surface area contributed by atoms with Gasteiger partial charge in [-0.15, -0.1) is 0 Å². The van der Waals surface area contributed by atoms with E-state index in [1.807, 2.05) is 12.1 Å². The first-order valence-electron chi connectivity index (χ1n) is 5.34. The SMILES string of the molecule is NCC(Cc1ccc(Cl)cc1Cl)C1CC1. The van der Waals surface area contributed by atoms with E-state index in [4.69, 9.17) is 28.9 Å². The van der Waals surface area contributed by atoms with Crippen molar-refractivity contribution in [3.8, 4) is 0 Å². The summed E-state index contributed by atoms with van der Waals surface area (Å²) in [6, 6.07) is 5.71. The Labute approximate surface area is 101 Å². The topological polar surface area (TPSA) is 26.0 Å². The highest BCUT2D eigenvalue weighted by atomic mass is 35.5. The average molecular weight is 244 g/mol. The molecule has 2 rings (SSSR count). The Morgan fingerprint density at radius 3 is 2.60 bits per heavy atom. The maximum absolute atomic E-state index is 6.13. The standard InChI is InChI=1S/C12H15Cl2N/c13-11-4-3-9(12(14)6-11)5-10(7-15)8-1-2-8/h3-4,6,8,10H,1-2,5,7,15H2. The number of halogens is 2. The van der Waals surface area contributed by atoms with Gasteiger partial charge in [-0.25, -0.2) is 0 Å². The molecule has 1 aliphatic carbocycles. The van der Waals surface area contributed by atoms with E-state index < -0.39 is 0 Å². The minimum atomic E-state index is 0.587. The van der Waals surface area contributed by atoms with Crippen molar-refractivity contribution >= 4 is 23.2 Å². The van der Waals surface area contributed by atoms with E-state index in [1.54, 1.807) is 6.07 Å². The molecule has 0 heterocycles. The predicted molar refractivity (Wildman–Crippen MR) is 65.4 cm³/mol. The van der Waals surface area contributed by atoms with E-state index in [1.165, 1.54) is 18.4 Å². The molecular formula is C12H15Cl2N. The van der Waals surface area contributed by atoms with Crippen molar-refractivity contribution in [1.82, 2.24) is 0 Å². The van der Waals surface area contributed by atoms with Crippen molar-refractivity contribution in [1.29, 1.82) is 0 Å². The molecule has 2 N–H and O–H groups in total. The molecule has 0 aromatic heterocycles. The Balaban J connectivity index is 2.08. The molecule has 1 fully saturated rings. The van der Waals surface area contributed by atoms with Crippen LogP contribution >= 0.6 is 23.2 Å². The van der Waals surface area contributed by atoms with E-state index in [2.05, 4.69) is 0 Å². The van der Waals surface area contributed by atoms with Gasteiger partial charge in [-0.1, -0.05) is 29.3 Å². The lowest BCUT2D eigenvalue weighted by molar-refractivity contribution is 0.471.